The average molecular weight is 206 g/mol. The minimum absolute atomic E-state index is 0.473. The summed E-state index contributed by atoms with van der Waals surface area (Å²) in [6.07, 6.45) is 0.808. The summed E-state index contributed by atoms with van der Waals surface area (Å²) in [6, 6.07) is 9.83. The maximum absolute atomic E-state index is 12.6. The smallest absolute Gasteiger partial charge is 0.136 e. The van der Waals surface area contributed by atoms with E-state index in [0.717, 1.165) is 11.5 Å². The molecule has 74 valence electrons. The first-order valence-electron chi connectivity index (χ1n) is 4.95. The van der Waals surface area contributed by atoms with E-state index < -0.39 is 7.14 Å². The van der Waals surface area contributed by atoms with Crippen molar-refractivity contribution in [3.8, 4) is 0 Å². The Hall–Kier alpha value is -0.810. The lowest BCUT2D eigenvalue weighted by Gasteiger charge is -2.10. The third kappa shape index (κ3) is 1.57. The minimum Gasteiger partial charge on any atom is -0.314 e. The molecule has 0 radical (unpaired) electrons. The van der Waals surface area contributed by atoms with Crippen LogP contribution in [0, 0.1) is 5.92 Å². The number of rotatable bonds is 1. The lowest BCUT2D eigenvalue weighted by atomic mass is 10.1. The predicted molar refractivity (Wildman–Crippen MR) is 61.5 cm³/mol. The summed E-state index contributed by atoms with van der Waals surface area (Å²) in [5, 5.41) is 1.00. The molecule has 2 heteroatoms. The molecule has 0 aliphatic carbocycles. The van der Waals surface area contributed by atoms with Gasteiger partial charge in [-0.15, -0.1) is 0 Å². The molecule has 0 bridgehead atoms. The number of hydrogen-bond donors (Lipinski definition) is 0. The zero-order chi connectivity index (χ0) is 10.2. The fourth-order valence-electron chi connectivity index (χ4n) is 1.92. The number of benzene rings is 1. The van der Waals surface area contributed by atoms with Gasteiger partial charge in [0.1, 0.15) is 7.14 Å². The molecular formula is C12H15OP. The molecule has 1 aromatic carbocycles. The van der Waals surface area contributed by atoms with Crippen LogP contribution in [0.3, 0.4) is 0 Å². The second kappa shape index (κ2) is 3.40. The van der Waals surface area contributed by atoms with E-state index in [-0.39, 0.29) is 0 Å². The van der Waals surface area contributed by atoms with Crippen molar-refractivity contribution in [1.82, 2.24) is 0 Å². The number of allylic oxidation sites excluding steroid dienone is 1. The van der Waals surface area contributed by atoms with E-state index in [1.54, 1.807) is 0 Å². The van der Waals surface area contributed by atoms with E-state index >= 15 is 0 Å². The van der Waals surface area contributed by atoms with Crippen LogP contribution < -0.4 is 5.30 Å². The third-order valence-electron chi connectivity index (χ3n) is 2.93. The summed E-state index contributed by atoms with van der Waals surface area (Å²) >= 11 is 0. The molecule has 0 spiro atoms. The summed E-state index contributed by atoms with van der Waals surface area (Å²) in [7, 11) is -2.20. The van der Waals surface area contributed by atoms with Gasteiger partial charge >= 0.3 is 0 Å². The van der Waals surface area contributed by atoms with Crippen molar-refractivity contribution in [1.29, 1.82) is 0 Å². The SMILES string of the molecule is CC1=CP(=O)(c2ccccc2)CC1C. The first-order valence-corrected chi connectivity index (χ1v) is 6.92. The standard InChI is InChI=1S/C12H15OP/c1-10-8-14(13,9-11(10)2)12-6-4-3-5-7-12/h3-8,11H,9H2,1-2H3. The molecule has 0 aromatic heterocycles. The Morgan fingerprint density at radius 3 is 2.43 bits per heavy atom. The van der Waals surface area contributed by atoms with E-state index in [2.05, 4.69) is 13.8 Å². The Labute approximate surface area is 85.2 Å². The predicted octanol–water partition coefficient (Wildman–Crippen LogP) is 3.23. The lowest BCUT2D eigenvalue weighted by molar-refractivity contribution is 0.584. The van der Waals surface area contributed by atoms with Crippen molar-refractivity contribution in [3.63, 3.8) is 0 Å². The van der Waals surface area contributed by atoms with Crippen molar-refractivity contribution in [2.75, 3.05) is 6.16 Å². The average Bonchev–Trinajstić information content (AvgIpc) is 2.44. The van der Waals surface area contributed by atoms with Crippen molar-refractivity contribution in [2.45, 2.75) is 13.8 Å². The highest BCUT2D eigenvalue weighted by Gasteiger charge is 2.31. The fraction of sp³-hybridized carbons (Fsp3) is 0.333. The molecule has 0 amide bonds. The second-order valence-electron chi connectivity index (χ2n) is 4.09. The molecule has 1 aromatic rings. The van der Waals surface area contributed by atoms with E-state index in [1.165, 1.54) is 5.57 Å². The van der Waals surface area contributed by atoms with Crippen LogP contribution >= 0.6 is 7.14 Å². The molecule has 2 rings (SSSR count). The summed E-state index contributed by atoms with van der Waals surface area (Å²) < 4.78 is 12.6. The molecule has 0 saturated heterocycles. The molecule has 1 nitrogen and oxygen atoms in total. The minimum atomic E-state index is -2.20. The molecule has 1 aliphatic rings. The van der Waals surface area contributed by atoms with Crippen LogP contribution in [0.4, 0.5) is 0 Å². The summed E-state index contributed by atoms with van der Waals surface area (Å²) in [5.41, 5.74) is 1.28. The molecular weight excluding hydrogens is 191 g/mol. The Morgan fingerprint density at radius 1 is 1.29 bits per heavy atom. The normalized spacial score (nSPS) is 31.6. The van der Waals surface area contributed by atoms with E-state index in [1.807, 2.05) is 36.1 Å². The molecule has 0 N–H and O–H groups in total. The largest absolute Gasteiger partial charge is 0.314 e. The monoisotopic (exact) mass is 206 g/mol. The maximum atomic E-state index is 12.6. The highest BCUT2D eigenvalue weighted by Crippen LogP contribution is 2.54. The van der Waals surface area contributed by atoms with Gasteiger partial charge in [-0.25, -0.2) is 0 Å². The van der Waals surface area contributed by atoms with Gasteiger partial charge in [0.25, 0.3) is 0 Å². The van der Waals surface area contributed by atoms with Crippen molar-refractivity contribution in [2.24, 2.45) is 5.92 Å². The Bertz CT molecular complexity index is 406. The van der Waals surface area contributed by atoms with Crippen LogP contribution in [0.1, 0.15) is 13.8 Å². The Balaban J connectivity index is 2.42. The van der Waals surface area contributed by atoms with Gasteiger partial charge in [-0.3, -0.25) is 0 Å². The quantitative estimate of drug-likeness (QED) is 0.645. The van der Waals surface area contributed by atoms with Crippen LogP contribution in [0.5, 0.6) is 0 Å². The molecule has 1 heterocycles. The van der Waals surface area contributed by atoms with Crippen LogP contribution in [-0.4, -0.2) is 6.16 Å². The van der Waals surface area contributed by atoms with Crippen molar-refractivity contribution >= 4 is 12.4 Å². The number of hydrogen-bond acceptors (Lipinski definition) is 1. The fourth-order valence-corrected chi connectivity index (χ4v) is 5.08. The van der Waals surface area contributed by atoms with Crippen molar-refractivity contribution in [3.05, 3.63) is 41.7 Å². The van der Waals surface area contributed by atoms with Gasteiger partial charge in [0.15, 0.2) is 0 Å². The third-order valence-corrected chi connectivity index (χ3v) is 6.01. The Kier molecular flexibility index (Phi) is 2.36. The second-order valence-corrected chi connectivity index (χ2v) is 6.82. The topological polar surface area (TPSA) is 17.1 Å². The molecule has 2 atom stereocenters. The zero-order valence-electron chi connectivity index (χ0n) is 8.60. The van der Waals surface area contributed by atoms with Gasteiger partial charge < -0.3 is 4.57 Å². The Morgan fingerprint density at radius 2 is 1.93 bits per heavy atom. The van der Waals surface area contributed by atoms with E-state index in [9.17, 15) is 4.57 Å². The van der Waals surface area contributed by atoms with Gasteiger partial charge in [0.2, 0.25) is 0 Å². The van der Waals surface area contributed by atoms with E-state index in [0.29, 0.717) is 5.92 Å². The highest BCUT2D eigenvalue weighted by molar-refractivity contribution is 7.74. The lowest BCUT2D eigenvalue weighted by Crippen LogP contribution is -2.05. The zero-order valence-corrected chi connectivity index (χ0v) is 9.50. The first kappa shape index (κ1) is 9.73. The highest BCUT2D eigenvalue weighted by atomic mass is 31.2. The molecule has 2 unspecified atom stereocenters. The summed E-state index contributed by atoms with van der Waals surface area (Å²) in [4.78, 5) is 0. The van der Waals surface area contributed by atoms with Crippen molar-refractivity contribution < 1.29 is 4.57 Å². The first-order chi connectivity index (χ1) is 6.62. The van der Waals surface area contributed by atoms with Crippen LogP contribution in [0.15, 0.2) is 41.7 Å². The van der Waals surface area contributed by atoms with Gasteiger partial charge in [0, 0.05) is 11.5 Å². The van der Waals surface area contributed by atoms with Gasteiger partial charge in [-0.05, 0) is 18.7 Å². The van der Waals surface area contributed by atoms with Gasteiger partial charge in [-0.1, -0.05) is 42.8 Å². The van der Waals surface area contributed by atoms with Crippen LogP contribution in [0.2, 0.25) is 0 Å². The molecule has 0 fully saturated rings. The van der Waals surface area contributed by atoms with E-state index in [4.69, 9.17) is 0 Å². The molecule has 14 heavy (non-hydrogen) atoms. The van der Waals surface area contributed by atoms with Crippen LogP contribution in [0.25, 0.3) is 0 Å². The summed E-state index contributed by atoms with van der Waals surface area (Å²) in [6.45, 7) is 4.22. The summed E-state index contributed by atoms with van der Waals surface area (Å²) in [5.74, 6) is 2.47. The molecule has 1 aliphatic heterocycles. The van der Waals surface area contributed by atoms with Gasteiger partial charge in [0.05, 0.1) is 0 Å². The maximum Gasteiger partial charge on any atom is 0.136 e. The van der Waals surface area contributed by atoms with Crippen LogP contribution in [-0.2, 0) is 4.57 Å². The van der Waals surface area contributed by atoms with Gasteiger partial charge in [-0.2, -0.15) is 0 Å². The molecule has 0 saturated carbocycles.